The van der Waals surface area contributed by atoms with Gasteiger partial charge < -0.3 is 5.32 Å². The highest BCUT2D eigenvalue weighted by Crippen LogP contribution is 2.40. The smallest absolute Gasteiger partial charge is 0.124 e. The highest BCUT2D eigenvalue weighted by Gasteiger charge is 2.32. The van der Waals surface area contributed by atoms with Crippen molar-refractivity contribution in [1.29, 1.82) is 0 Å². The van der Waals surface area contributed by atoms with Gasteiger partial charge in [-0.05, 0) is 54.8 Å². The molecule has 3 heteroatoms. The molecule has 0 atom stereocenters. The summed E-state index contributed by atoms with van der Waals surface area (Å²) in [6.07, 6.45) is 7.36. The van der Waals surface area contributed by atoms with Crippen molar-refractivity contribution in [1.82, 2.24) is 5.32 Å². The Kier molecular flexibility index (Phi) is 6.07. The standard InChI is InChI=1S/C18H27ClFN/c1-14(2)12-21-13-18(8-4-3-5-9-18)11-15-6-7-16(20)10-17(15)19/h6-7,10,14,21H,3-5,8-9,11-13H2,1-2H3. The second kappa shape index (κ2) is 7.60. The molecule has 0 aliphatic heterocycles. The van der Waals surface area contributed by atoms with E-state index in [4.69, 9.17) is 11.6 Å². The fourth-order valence-corrected chi connectivity index (χ4v) is 3.65. The number of halogens is 2. The Morgan fingerprint density at radius 1 is 1.24 bits per heavy atom. The first-order valence-corrected chi connectivity index (χ1v) is 8.53. The monoisotopic (exact) mass is 311 g/mol. The van der Waals surface area contributed by atoms with Crippen molar-refractivity contribution in [2.75, 3.05) is 13.1 Å². The van der Waals surface area contributed by atoms with E-state index >= 15 is 0 Å². The highest BCUT2D eigenvalue weighted by molar-refractivity contribution is 6.31. The van der Waals surface area contributed by atoms with Crippen LogP contribution in [0.1, 0.15) is 51.5 Å². The number of nitrogens with one attached hydrogen (secondary N) is 1. The van der Waals surface area contributed by atoms with Crippen LogP contribution in [0.3, 0.4) is 0 Å². The van der Waals surface area contributed by atoms with Crippen molar-refractivity contribution in [2.45, 2.75) is 52.4 Å². The van der Waals surface area contributed by atoms with Crippen LogP contribution in [-0.4, -0.2) is 13.1 Å². The maximum atomic E-state index is 13.2. The fourth-order valence-electron chi connectivity index (χ4n) is 3.41. The van der Waals surface area contributed by atoms with Crippen LogP contribution in [0.2, 0.25) is 5.02 Å². The average Bonchev–Trinajstić information content (AvgIpc) is 2.43. The van der Waals surface area contributed by atoms with Crippen LogP contribution in [0.4, 0.5) is 4.39 Å². The molecule has 0 spiro atoms. The van der Waals surface area contributed by atoms with Crippen LogP contribution in [0, 0.1) is 17.2 Å². The van der Waals surface area contributed by atoms with Crippen LogP contribution >= 0.6 is 11.6 Å². The second-order valence-corrected chi connectivity index (χ2v) is 7.41. The van der Waals surface area contributed by atoms with Gasteiger partial charge in [-0.25, -0.2) is 4.39 Å². The highest BCUT2D eigenvalue weighted by atomic mass is 35.5. The third-order valence-electron chi connectivity index (χ3n) is 4.55. The van der Waals surface area contributed by atoms with Crippen LogP contribution in [-0.2, 0) is 6.42 Å². The van der Waals surface area contributed by atoms with E-state index in [0.29, 0.717) is 10.9 Å². The largest absolute Gasteiger partial charge is 0.316 e. The molecule has 0 unspecified atom stereocenters. The Balaban J connectivity index is 2.08. The molecule has 1 aromatic carbocycles. The van der Waals surface area contributed by atoms with Gasteiger partial charge in [0.15, 0.2) is 0 Å². The predicted octanol–water partition coefficient (Wildman–Crippen LogP) is 5.22. The van der Waals surface area contributed by atoms with Crippen molar-refractivity contribution in [3.63, 3.8) is 0 Å². The molecule has 0 bridgehead atoms. The van der Waals surface area contributed by atoms with E-state index in [2.05, 4.69) is 19.2 Å². The van der Waals surface area contributed by atoms with Gasteiger partial charge >= 0.3 is 0 Å². The molecule has 1 N–H and O–H groups in total. The lowest BCUT2D eigenvalue weighted by Gasteiger charge is -2.38. The van der Waals surface area contributed by atoms with Crippen molar-refractivity contribution in [3.8, 4) is 0 Å². The van der Waals surface area contributed by atoms with Gasteiger partial charge in [-0.2, -0.15) is 0 Å². The number of hydrogen-bond acceptors (Lipinski definition) is 1. The van der Waals surface area contributed by atoms with E-state index < -0.39 is 0 Å². The molecule has 0 radical (unpaired) electrons. The normalized spacial score (nSPS) is 18.1. The summed E-state index contributed by atoms with van der Waals surface area (Å²) in [5, 5.41) is 4.20. The lowest BCUT2D eigenvalue weighted by molar-refractivity contribution is 0.179. The summed E-state index contributed by atoms with van der Waals surface area (Å²) in [5.41, 5.74) is 1.38. The number of rotatable bonds is 6. The summed E-state index contributed by atoms with van der Waals surface area (Å²) in [4.78, 5) is 0. The van der Waals surface area contributed by atoms with Gasteiger partial charge in [0.05, 0.1) is 0 Å². The van der Waals surface area contributed by atoms with Gasteiger partial charge in [0.25, 0.3) is 0 Å². The third kappa shape index (κ3) is 4.96. The summed E-state index contributed by atoms with van der Waals surface area (Å²) in [7, 11) is 0. The molecule has 1 saturated carbocycles. The van der Waals surface area contributed by atoms with Gasteiger partial charge in [-0.1, -0.05) is 50.8 Å². The first kappa shape index (κ1) is 16.8. The maximum Gasteiger partial charge on any atom is 0.124 e. The van der Waals surface area contributed by atoms with E-state index in [1.54, 1.807) is 0 Å². The zero-order chi connectivity index (χ0) is 15.3. The fraction of sp³-hybridized carbons (Fsp3) is 0.667. The van der Waals surface area contributed by atoms with Gasteiger partial charge in [0.2, 0.25) is 0 Å². The second-order valence-electron chi connectivity index (χ2n) is 7.00. The minimum absolute atomic E-state index is 0.251. The number of hydrogen-bond donors (Lipinski definition) is 1. The minimum atomic E-state index is -0.251. The van der Waals surface area contributed by atoms with Crippen molar-refractivity contribution in [3.05, 3.63) is 34.6 Å². The molecular formula is C18H27ClFN. The topological polar surface area (TPSA) is 12.0 Å². The van der Waals surface area contributed by atoms with Crippen LogP contribution in [0.15, 0.2) is 18.2 Å². The Morgan fingerprint density at radius 3 is 2.57 bits per heavy atom. The van der Waals surface area contributed by atoms with Gasteiger partial charge in [0.1, 0.15) is 5.82 Å². The SMILES string of the molecule is CC(C)CNCC1(Cc2ccc(F)cc2Cl)CCCCC1. The summed E-state index contributed by atoms with van der Waals surface area (Å²) < 4.78 is 13.2. The molecule has 0 aromatic heterocycles. The number of benzene rings is 1. The molecule has 1 aromatic rings. The first-order chi connectivity index (χ1) is 10.0. The molecule has 2 rings (SSSR count). The van der Waals surface area contributed by atoms with Crippen molar-refractivity contribution >= 4 is 11.6 Å². The van der Waals surface area contributed by atoms with Gasteiger partial charge in [0, 0.05) is 11.6 Å². The zero-order valence-electron chi connectivity index (χ0n) is 13.2. The molecule has 1 aliphatic carbocycles. The van der Waals surface area contributed by atoms with Gasteiger partial charge in [-0.15, -0.1) is 0 Å². The average molecular weight is 312 g/mol. The van der Waals surface area contributed by atoms with Gasteiger partial charge in [-0.3, -0.25) is 0 Å². The summed E-state index contributed by atoms with van der Waals surface area (Å²) in [6, 6.07) is 4.82. The third-order valence-corrected chi connectivity index (χ3v) is 4.90. The molecule has 1 nitrogen and oxygen atoms in total. The predicted molar refractivity (Wildman–Crippen MR) is 88.3 cm³/mol. The van der Waals surface area contributed by atoms with E-state index in [0.717, 1.165) is 25.1 Å². The minimum Gasteiger partial charge on any atom is -0.316 e. The first-order valence-electron chi connectivity index (χ1n) is 8.15. The molecule has 1 aliphatic rings. The molecule has 0 amide bonds. The maximum absolute atomic E-state index is 13.2. The van der Waals surface area contributed by atoms with Crippen molar-refractivity contribution in [2.24, 2.45) is 11.3 Å². The van der Waals surface area contributed by atoms with Crippen molar-refractivity contribution < 1.29 is 4.39 Å². The lowest BCUT2D eigenvalue weighted by Crippen LogP contribution is -2.39. The summed E-state index contributed by atoms with van der Waals surface area (Å²) in [5.74, 6) is 0.416. The van der Waals surface area contributed by atoms with Crippen LogP contribution < -0.4 is 5.32 Å². The molecule has 0 saturated heterocycles. The Morgan fingerprint density at radius 2 is 1.95 bits per heavy atom. The van der Waals surface area contributed by atoms with Crippen LogP contribution in [0.25, 0.3) is 0 Å². The molecule has 0 heterocycles. The van der Waals surface area contributed by atoms with E-state index in [-0.39, 0.29) is 11.2 Å². The Labute approximate surface area is 133 Å². The molecule has 21 heavy (non-hydrogen) atoms. The van der Waals surface area contributed by atoms with Crippen LogP contribution in [0.5, 0.6) is 0 Å². The van der Waals surface area contributed by atoms with E-state index in [1.165, 1.54) is 44.2 Å². The Bertz CT molecular complexity index is 453. The molecule has 1 fully saturated rings. The lowest BCUT2D eigenvalue weighted by atomic mass is 9.70. The molecule has 118 valence electrons. The zero-order valence-corrected chi connectivity index (χ0v) is 14.0. The quantitative estimate of drug-likeness (QED) is 0.759. The summed E-state index contributed by atoms with van der Waals surface area (Å²) >= 11 is 6.23. The summed E-state index contributed by atoms with van der Waals surface area (Å²) in [6.45, 7) is 6.56. The Hall–Kier alpha value is -0.600. The van der Waals surface area contributed by atoms with E-state index in [1.807, 2.05) is 6.07 Å². The van der Waals surface area contributed by atoms with E-state index in [9.17, 15) is 4.39 Å². The molecular weight excluding hydrogens is 285 g/mol.